The van der Waals surface area contributed by atoms with Gasteiger partial charge in [-0.05, 0) is 33.6 Å². The first-order valence-corrected chi connectivity index (χ1v) is 8.04. The zero-order chi connectivity index (χ0) is 17.6. The lowest BCUT2D eigenvalue weighted by atomic mass is 9.94. The lowest BCUT2D eigenvalue weighted by molar-refractivity contribution is -0.130. The third-order valence-corrected chi connectivity index (χ3v) is 4.21. The standard InChI is InChI=1S/C17H26N2O4/c1-12-11-16(22)18(4)17(23)19(12)10-8-6-5-7-9-15(13(2)20)14(3)21/h11,15H,5-10H2,1-4H3. The zero-order valence-corrected chi connectivity index (χ0v) is 14.4. The van der Waals surface area contributed by atoms with E-state index in [0.717, 1.165) is 30.3 Å². The second-order valence-electron chi connectivity index (χ2n) is 6.09. The number of aryl methyl sites for hydroxylation is 1. The van der Waals surface area contributed by atoms with E-state index in [9.17, 15) is 19.2 Å². The van der Waals surface area contributed by atoms with Crippen molar-refractivity contribution >= 4 is 11.6 Å². The van der Waals surface area contributed by atoms with Gasteiger partial charge in [0.05, 0.1) is 5.92 Å². The maximum absolute atomic E-state index is 12.0. The minimum absolute atomic E-state index is 0.0649. The predicted molar refractivity (Wildman–Crippen MR) is 88.6 cm³/mol. The summed E-state index contributed by atoms with van der Waals surface area (Å²) in [6.45, 7) is 5.25. The number of Topliss-reactive ketones (excluding diaryl/α,β-unsaturated/α-hetero) is 2. The van der Waals surface area contributed by atoms with Crippen LogP contribution >= 0.6 is 0 Å². The molecule has 1 heterocycles. The molecule has 1 aromatic heterocycles. The lowest BCUT2D eigenvalue weighted by Crippen LogP contribution is -2.38. The van der Waals surface area contributed by atoms with Crippen LogP contribution in [-0.2, 0) is 23.2 Å². The molecule has 6 heteroatoms. The van der Waals surface area contributed by atoms with E-state index >= 15 is 0 Å². The first-order valence-electron chi connectivity index (χ1n) is 8.04. The molecule has 0 amide bonds. The van der Waals surface area contributed by atoms with Crippen LogP contribution in [0, 0.1) is 12.8 Å². The summed E-state index contributed by atoms with van der Waals surface area (Å²) in [7, 11) is 1.48. The van der Waals surface area contributed by atoms with E-state index in [2.05, 4.69) is 0 Å². The first kappa shape index (κ1) is 19.1. The average molecular weight is 322 g/mol. The number of unbranched alkanes of at least 4 members (excludes halogenated alkanes) is 3. The van der Waals surface area contributed by atoms with Gasteiger partial charge in [-0.2, -0.15) is 0 Å². The van der Waals surface area contributed by atoms with Gasteiger partial charge in [-0.3, -0.25) is 23.5 Å². The van der Waals surface area contributed by atoms with Crippen molar-refractivity contribution in [3.05, 3.63) is 32.6 Å². The van der Waals surface area contributed by atoms with Gasteiger partial charge in [0, 0.05) is 25.4 Å². The van der Waals surface area contributed by atoms with Crippen LogP contribution in [-0.4, -0.2) is 20.7 Å². The summed E-state index contributed by atoms with van der Waals surface area (Å²) in [4.78, 5) is 46.2. The van der Waals surface area contributed by atoms with Crippen molar-refractivity contribution in [2.75, 3.05) is 0 Å². The second-order valence-corrected chi connectivity index (χ2v) is 6.09. The molecule has 6 nitrogen and oxygen atoms in total. The van der Waals surface area contributed by atoms with Crippen molar-refractivity contribution in [2.24, 2.45) is 13.0 Å². The van der Waals surface area contributed by atoms with Gasteiger partial charge in [-0.1, -0.05) is 19.3 Å². The SMILES string of the molecule is CC(=O)C(CCCCCCn1c(C)cc(=O)n(C)c1=O)C(C)=O. The first-order chi connectivity index (χ1) is 10.8. The average Bonchev–Trinajstić information content (AvgIpc) is 2.46. The van der Waals surface area contributed by atoms with Gasteiger partial charge in [-0.25, -0.2) is 4.79 Å². The molecule has 0 aliphatic rings. The van der Waals surface area contributed by atoms with Crippen molar-refractivity contribution in [3.63, 3.8) is 0 Å². The van der Waals surface area contributed by atoms with E-state index in [1.807, 2.05) is 0 Å². The summed E-state index contributed by atoms with van der Waals surface area (Å²) in [6.07, 6.45) is 4.08. The van der Waals surface area contributed by atoms with E-state index in [4.69, 9.17) is 0 Å². The fourth-order valence-electron chi connectivity index (χ4n) is 2.72. The summed E-state index contributed by atoms with van der Waals surface area (Å²) in [5, 5.41) is 0. The van der Waals surface area contributed by atoms with E-state index < -0.39 is 5.92 Å². The van der Waals surface area contributed by atoms with Crippen molar-refractivity contribution in [3.8, 4) is 0 Å². The quantitative estimate of drug-likeness (QED) is 0.511. The van der Waals surface area contributed by atoms with Gasteiger partial charge in [-0.15, -0.1) is 0 Å². The van der Waals surface area contributed by atoms with Crippen molar-refractivity contribution in [1.82, 2.24) is 9.13 Å². The Morgan fingerprint density at radius 2 is 1.61 bits per heavy atom. The highest BCUT2D eigenvalue weighted by Crippen LogP contribution is 2.13. The molecule has 23 heavy (non-hydrogen) atoms. The van der Waals surface area contributed by atoms with Crippen molar-refractivity contribution < 1.29 is 9.59 Å². The molecule has 0 bridgehead atoms. The molecule has 0 aliphatic heterocycles. The normalized spacial score (nSPS) is 11.0. The van der Waals surface area contributed by atoms with E-state index in [0.29, 0.717) is 18.7 Å². The van der Waals surface area contributed by atoms with Crippen LogP contribution in [0.5, 0.6) is 0 Å². The van der Waals surface area contributed by atoms with Crippen LogP contribution < -0.4 is 11.2 Å². The van der Waals surface area contributed by atoms with Gasteiger partial charge in [0.15, 0.2) is 0 Å². The van der Waals surface area contributed by atoms with Crippen LogP contribution in [0.1, 0.15) is 51.6 Å². The van der Waals surface area contributed by atoms with E-state index in [1.165, 1.54) is 27.0 Å². The molecule has 0 saturated heterocycles. The van der Waals surface area contributed by atoms with Gasteiger partial charge >= 0.3 is 5.69 Å². The van der Waals surface area contributed by atoms with Gasteiger partial charge in [0.2, 0.25) is 0 Å². The molecule has 0 fully saturated rings. The number of carbonyl (C=O) groups is 2. The van der Waals surface area contributed by atoms with Gasteiger partial charge in [0.25, 0.3) is 5.56 Å². The molecule has 0 spiro atoms. The highest BCUT2D eigenvalue weighted by molar-refractivity contribution is 6.00. The van der Waals surface area contributed by atoms with Gasteiger partial charge < -0.3 is 0 Å². The van der Waals surface area contributed by atoms with Crippen LogP contribution in [0.4, 0.5) is 0 Å². The molecule has 0 N–H and O–H groups in total. The third kappa shape index (κ3) is 5.30. The molecule has 0 atom stereocenters. The number of aromatic nitrogens is 2. The number of rotatable bonds is 9. The summed E-state index contributed by atoms with van der Waals surface area (Å²) in [5.74, 6) is -0.599. The largest absolute Gasteiger partial charge is 0.330 e. The monoisotopic (exact) mass is 322 g/mol. The van der Waals surface area contributed by atoms with Crippen LogP contribution in [0.25, 0.3) is 0 Å². The third-order valence-electron chi connectivity index (χ3n) is 4.21. The molecule has 0 aromatic carbocycles. The Kier molecular flexibility index (Phi) is 7.13. The highest BCUT2D eigenvalue weighted by Gasteiger charge is 2.18. The lowest BCUT2D eigenvalue weighted by Gasteiger charge is -2.12. The Morgan fingerprint density at radius 3 is 2.17 bits per heavy atom. The molecule has 1 aromatic rings. The van der Waals surface area contributed by atoms with Crippen LogP contribution in [0.2, 0.25) is 0 Å². The molecule has 0 radical (unpaired) electrons. The van der Waals surface area contributed by atoms with Gasteiger partial charge in [0.1, 0.15) is 11.6 Å². The number of carbonyl (C=O) groups excluding carboxylic acids is 2. The Balaban J connectivity index is 2.44. The predicted octanol–water partition coefficient (Wildman–Crippen LogP) is 1.60. The Hall–Kier alpha value is -1.98. The molecule has 0 unspecified atom stereocenters. The summed E-state index contributed by atoms with van der Waals surface area (Å²) < 4.78 is 2.71. The minimum atomic E-state index is -0.469. The topological polar surface area (TPSA) is 78.1 Å². The Morgan fingerprint density at radius 1 is 1.04 bits per heavy atom. The molecular weight excluding hydrogens is 296 g/mol. The number of hydrogen-bond acceptors (Lipinski definition) is 4. The molecular formula is C17H26N2O4. The van der Waals surface area contributed by atoms with E-state index in [-0.39, 0.29) is 22.8 Å². The van der Waals surface area contributed by atoms with Crippen LogP contribution in [0.3, 0.4) is 0 Å². The second kappa shape index (κ2) is 8.60. The number of hydrogen-bond donors (Lipinski definition) is 0. The molecule has 1 rings (SSSR count). The smallest absolute Gasteiger partial charge is 0.299 e. The number of nitrogens with zero attached hydrogens (tertiary/aromatic N) is 2. The molecule has 128 valence electrons. The molecule has 0 aliphatic carbocycles. The summed E-state index contributed by atoms with van der Waals surface area (Å²) >= 11 is 0. The highest BCUT2D eigenvalue weighted by atomic mass is 16.2. The van der Waals surface area contributed by atoms with Crippen LogP contribution in [0.15, 0.2) is 15.7 Å². The Bertz CT molecular complexity index is 671. The number of ketones is 2. The minimum Gasteiger partial charge on any atom is -0.299 e. The van der Waals surface area contributed by atoms with Crippen molar-refractivity contribution in [2.45, 2.75) is 59.4 Å². The molecule has 0 saturated carbocycles. The maximum Gasteiger partial charge on any atom is 0.330 e. The Labute approximate surface area is 136 Å². The summed E-state index contributed by atoms with van der Waals surface area (Å²) in [5.41, 5.74) is 0.0952. The fraction of sp³-hybridized carbons (Fsp3) is 0.647. The fourth-order valence-corrected chi connectivity index (χ4v) is 2.72. The van der Waals surface area contributed by atoms with Crippen molar-refractivity contribution in [1.29, 1.82) is 0 Å². The zero-order valence-electron chi connectivity index (χ0n) is 14.4. The maximum atomic E-state index is 12.0. The summed E-state index contributed by atoms with van der Waals surface area (Å²) in [6, 6.07) is 1.46. The van der Waals surface area contributed by atoms with E-state index in [1.54, 1.807) is 11.5 Å².